The van der Waals surface area contributed by atoms with Crippen molar-refractivity contribution in [1.82, 2.24) is 13.7 Å². The van der Waals surface area contributed by atoms with Gasteiger partial charge in [0.15, 0.2) is 0 Å². The van der Waals surface area contributed by atoms with Crippen LogP contribution in [0, 0.1) is 0 Å². The van der Waals surface area contributed by atoms with Gasteiger partial charge in [-0.1, -0.05) is 156 Å². The van der Waals surface area contributed by atoms with Gasteiger partial charge in [-0.2, -0.15) is 35.3 Å². The highest BCUT2D eigenvalue weighted by Crippen LogP contribution is 2.16. The molecule has 0 aliphatic carbocycles. The van der Waals surface area contributed by atoms with Gasteiger partial charge in [0.05, 0.1) is 19.6 Å². The first-order chi connectivity index (χ1) is 33.8. The largest absolute Gasteiger partial charge is 0.464 e. The van der Waals surface area contributed by atoms with Crippen molar-refractivity contribution < 1.29 is 28.6 Å². The van der Waals surface area contributed by atoms with Gasteiger partial charge in [0.1, 0.15) is 19.8 Å². The number of carbonyl (C=O) groups excluding carboxylic acids is 3. The molecular weight excluding hydrogens is 931 g/mol. The van der Waals surface area contributed by atoms with Crippen molar-refractivity contribution in [2.75, 3.05) is 54.3 Å². The molecule has 0 saturated heterocycles. The van der Waals surface area contributed by atoms with Gasteiger partial charge < -0.3 is 14.2 Å². The van der Waals surface area contributed by atoms with Crippen LogP contribution in [0.1, 0.15) is 233 Å². The summed E-state index contributed by atoms with van der Waals surface area (Å²) in [5.41, 5.74) is -2.65. The standard InChI is InChI=1S/C54H99N3O9S3/c1-4-7-10-13-16-19-22-28-43-67-46-31-25-34-49(58)64-40-37-55-52(61)56(38-41-65-50(59)35-26-32-47-68-44-29-23-20-17-14-11-8-5-2)54(63)57(53(55)62)39-42-66-51(60)36-27-33-48-69-45-30-24-21-18-15-12-9-6-3/h4-48H2,1-3H3. The molecule has 0 fully saturated rings. The average Bonchev–Trinajstić information content (AvgIpc) is 3.34. The zero-order valence-electron chi connectivity index (χ0n) is 44.1. The Hall–Kier alpha value is -2.13. The molecule has 0 aromatic carbocycles. The number of carbonyl (C=O) groups is 3. The average molecular weight is 1030 g/mol. The highest BCUT2D eigenvalue weighted by Gasteiger charge is 2.17. The Morgan fingerprint density at radius 3 is 0.754 bits per heavy atom. The molecule has 69 heavy (non-hydrogen) atoms. The van der Waals surface area contributed by atoms with E-state index in [0.29, 0.717) is 19.3 Å². The Morgan fingerprint density at radius 1 is 0.319 bits per heavy atom. The lowest BCUT2D eigenvalue weighted by atomic mass is 10.1. The molecule has 0 unspecified atom stereocenters. The van der Waals surface area contributed by atoms with Crippen LogP contribution in [0.2, 0.25) is 0 Å². The molecule has 0 aliphatic rings. The Labute approximate surface area is 431 Å². The third kappa shape index (κ3) is 37.3. The van der Waals surface area contributed by atoms with Crippen molar-refractivity contribution in [3.8, 4) is 0 Å². The molecule has 1 heterocycles. The molecule has 0 aliphatic heterocycles. The maximum Gasteiger partial charge on any atom is 0.336 e. The molecule has 12 nitrogen and oxygen atoms in total. The first-order valence-electron chi connectivity index (χ1n) is 27.9. The summed E-state index contributed by atoms with van der Waals surface area (Å²) in [6.45, 7) is 5.27. The Kier molecular flexibility index (Phi) is 45.3. The summed E-state index contributed by atoms with van der Waals surface area (Å²) >= 11 is 5.76. The second kappa shape index (κ2) is 48.2. The summed E-state index contributed by atoms with van der Waals surface area (Å²) in [6, 6.07) is 0. The third-order valence-corrected chi connectivity index (χ3v) is 15.8. The minimum atomic E-state index is -0.882. The van der Waals surface area contributed by atoms with Gasteiger partial charge in [-0.05, 0) is 92.3 Å². The molecular formula is C54H99N3O9S3. The number of hydrogen-bond donors (Lipinski definition) is 0. The third-order valence-electron chi connectivity index (χ3n) is 12.3. The molecule has 1 aromatic heterocycles. The van der Waals surface area contributed by atoms with E-state index < -0.39 is 35.0 Å². The predicted octanol–water partition coefficient (Wildman–Crippen LogP) is 12.9. The monoisotopic (exact) mass is 1030 g/mol. The van der Waals surface area contributed by atoms with Gasteiger partial charge >= 0.3 is 35.0 Å². The Balaban J connectivity index is 2.61. The number of esters is 3. The number of hydrogen-bond acceptors (Lipinski definition) is 12. The minimum Gasteiger partial charge on any atom is -0.464 e. The lowest BCUT2D eigenvalue weighted by Crippen LogP contribution is -2.55. The van der Waals surface area contributed by atoms with E-state index >= 15 is 0 Å². The lowest BCUT2D eigenvalue weighted by molar-refractivity contribution is -0.144. The lowest BCUT2D eigenvalue weighted by Gasteiger charge is -2.14. The molecule has 0 atom stereocenters. The predicted molar refractivity (Wildman–Crippen MR) is 293 cm³/mol. The highest BCUT2D eigenvalue weighted by atomic mass is 32.2. The van der Waals surface area contributed by atoms with Crippen molar-refractivity contribution in [2.45, 2.75) is 252 Å². The van der Waals surface area contributed by atoms with Crippen molar-refractivity contribution >= 4 is 53.2 Å². The maximum atomic E-state index is 13.6. The molecule has 0 amide bonds. The molecule has 0 radical (unpaired) electrons. The number of nitrogens with zero attached hydrogens (tertiary/aromatic N) is 3. The fourth-order valence-electron chi connectivity index (χ4n) is 7.97. The quantitative estimate of drug-likeness (QED) is 0.0348. The van der Waals surface area contributed by atoms with Gasteiger partial charge in [-0.15, -0.1) is 0 Å². The van der Waals surface area contributed by atoms with Crippen LogP contribution in [-0.2, 0) is 48.2 Å². The fraction of sp³-hybridized carbons (Fsp3) is 0.889. The Morgan fingerprint density at radius 2 is 0.522 bits per heavy atom. The van der Waals surface area contributed by atoms with Crippen LogP contribution in [-0.4, -0.2) is 85.9 Å². The van der Waals surface area contributed by atoms with Crippen molar-refractivity contribution in [1.29, 1.82) is 0 Å². The summed E-state index contributed by atoms with van der Waals surface area (Å²) in [6.07, 6.45) is 36.8. The molecule has 0 N–H and O–H groups in total. The van der Waals surface area contributed by atoms with E-state index in [9.17, 15) is 28.8 Å². The van der Waals surface area contributed by atoms with E-state index in [4.69, 9.17) is 14.2 Å². The van der Waals surface area contributed by atoms with Crippen LogP contribution >= 0.6 is 35.3 Å². The molecule has 402 valence electrons. The van der Waals surface area contributed by atoms with E-state index in [2.05, 4.69) is 20.8 Å². The van der Waals surface area contributed by atoms with E-state index in [1.165, 1.54) is 154 Å². The molecule has 1 aromatic rings. The number of unbranched alkanes of at least 4 members (excludes halogenated alkanes) is 24. The van der Waals surface area contributed by atoms with E-state index in [1.54, 1.807) is 0 Å². The van der Waals surface area contributed by atoms with Gasteiger partial charge in [0.25, 0.3) is 0 Å². The molecule has 1 rings (SSSR count). The highest BCUT2D eigenvalue weighted by molar-refractivity contribution is 7.99. The normalized spacial score (nSPS) is 11.3. The van der Waals surface area contributed by atoms with Crippen molar-refractivity contribution in [3.05, 3.63) is 31.5 Å². The number of aromatic nitrogens is 3. The second-order valence-electron chi connectivity index (χ2n) is 18.6. The summed E-state index contributed by atoms with van der Waals surface area (Å²) in [4.78, 5) is 78.4. The smallest absolute Gasteiger partial charge is 0.336 e. The summed E-state index contributed by atoms with van der Waals surface area (Å²) in [5.74, 6) is 5.14. The van der Waals surface area contributed by atoms with E-state index in [0.717, 1.165) is 67.5 Å². The first kappa shape index (κ1) is 64.9. The van der Waals surface area contributed by atoms with Crippen LogP contribution in [0.15, 0.2) is 14.4 Å². The SMILES string of the molecule is CCCCCCCCCCSCCCCC(=O)OCCn1c(=O)n(CCOC(=O)CCCCSCCCCCCCCCC)c(=O)n(CCOC(=O)CCCCSCCCCCCCCCC)c1=O. The van der Waals surface area contributed by atoms with Crippen molar-refractivity contribution in [2.24, 2.45) is 0 Å². The van der Waals surface area contributed by atoms with E-state index in [-0.39, 0.29) is 58.7 Å². The molecule has 0 saturated carbocycles. The zero-order chi connectivity index (χ0) is 50.3. The first-order valence-corrected chi connectivity index (χ1v) is 31.4. The van der Waals surface area contributed by atoms with Gasteiger partial charge in [-0.25, -0.2) is 28.1 Å². The van der Waals surface area contributed by atoms with Crippen LogP contribution in [0.25, 0.3) is 0 Å². The molecule has 0 spiro atoms. The van der Waals surface area contributed by atoms with Gasteiger partial charge in [-0.3, -0.25) is 14.4 Å². The zero-order valence-corrected chi connectivity index (χ0v) is 46.5. The number of ether oxygens (including phenoxy) is 3. The topological polar surface area (TPSA) is 145 Å². The second-order valence-corrected chi connectivity index (χ2v) is 22.3. The van der Waals surface area contributed by atoms with Crippen molar-refractivity contribution in [3.63, 3.8) is 0 Å². The minimum absolute atomic E-state index is 0.224. The number of thioether (sulfide) groups is 3. The van der Waals surface area contributed by atoms with Crippen LogP contribution in [0.4, 0.5) is 0 Å². The van der Waals surface area contributed by atoms with Gasteiger partial charge in [0, 0.05) is 19.3 Å². The van der Waals surface area contributed by atoms with Crippen LogP contribution in [0.3, 0.4) is 0 Å². The Bertz CT molecular complexity index is 1370. The van der Waals surface area contributed by atoms with E-state index in [1.807, 2.05) is 35.3 Å². The van der Waals surface area contributed by atoms with Crippen LogP contribution in [0.5, 0.6) is 0 Å². The maximum absolute atomic E-state index is 13.6. The summed E-state index contributed by atoms with van der Waals surface area (Å²) < 4.78 is 18.8. The number of rotatable bonds is 51. The fourth-order valence-corrected chi connectivity index (χ4v) is 11.0. The molecule has 0 bridgehead atoms. The summed E-state index contributed by atoms with van der Waals surface area (Å²) in [5, 5.41) is 0. The van der Waals surface area contributed by atoms with Crippen LogP contribution < -0.4 is 17.1 Å². The summed E-state index contributed by atoms with van der Waals surface area (Å²) in [7, 11) is 0. The van der Waals surface area contributed by atoms with Gasteiger partial charge in [0.2, 0.25) is 0 Å². The molecule has 15 heteroatoms.